The molecule has 0 heterocycles. The van der Waals surface area contributed by atoms with Crippen LogP contribution in [0.5, 0.6) is 0 Å². The van der Waals surface area contributed by atoms with E-state index in [4.69, 9.17) is 0 Å². The van der Waals surface area contributed by atoms with Gasteiger partial charge in [-0.15, -0.1) is 0 Å². The number of amides is 1. The van der Waals surface area contributed by atoms with Crippen LogP contribution < -0.4 is 10.0 Å². The number of carbonyl (C=O) groups is 1. The van der Waals surface area contributed by atoms with Gasteiger partial charge >= 0.3 is 0 Å². The highest BCUT2D eigenvalue weighted by Crippen LogP contribution is 2.26. The summed E-state index contributed by atoms with van der Waals surface area (Å²) in [4.78, 5) is 12.5. The van der Waals surface area contributed by atoms with Crippen LogP contribution in [0.2, 0.25) is 0 Å². The Hall–Kier alpha value is -1.86. The van der Waals surface area contributed by atoms with Crippen molar-refractivity contribution in [2.24, 2.45) is 5.92 Å². The van der Waals surface area contributed by atoms with E-state index in [1.807, 2.05) is 20.8 Å². The van der Waals surface area contributed by atoms with Crippen LogP contribution in [-0.2, 0) is 10.0 Å². The molecule has 0 aromatic heterocycles. The van der Waals surface area contributed by atoms with Crippen molar-refractivity contribution < 1.29 is 13.2 Å². The molecule has 5 nitrogen and oxygen atoms in total. The number of anilines is 1. The minimum absolute atomic E-state index is 0.121. The first-order valence-electron chi connectivity index (χ1n) is 7.87. The van der Waals surface area contributed by atoms with Gasteiger partial charge in [0.1, 0.15) is 4.90 Å². The molecule has 0 aliphatic rings. The molecule has 0 saturated carbocycles. The summed E-state index contributed by atoms with van der Waals surface area (Å²) in [5.74, 6) is -0.00807. The van der Waals surface area contributed by atoms with Crippen molar-refractivity contribution in [3.05, 3.63) is 58.1 Å². The fraction of sp³-hybridized carbons (Fsp3) is 0.278. The smallest absolute Gasteiger partial charge is 0.263 e. The molecule has 2 N–H and O–H groups in total. The Morgan fingerprint density at radius 3 is 2.48 bits per heavy atom. The van der Waals surface area contributed by atoms with Gasteiger partial charge < -0.3 is 5.32 Å². The molecule has 2 aromatic rings. The second-order valence-electron chi connectivity index (χ2n) is 6.19. The predicted molar refractivity (Wildman–Crippen MR) is 103 cm³/mol. The molecule has 0 radical (unpaired) electrons. The molecule has 0 bridgehead atoms. The Labute approximate surface area is 157 Å². The first-order chi connectivity index (χ1) is 11.7. The van der Waals surface area contributed by atoms with E-state index in [0.717, 1.165) is 5.56 Å². The summed E-state index contributed by atoms with van der Waals surface area (Å²) in [6.07, 6.45) is 0. The van der Waals surface area contributed by atoms with Crippen molar-refractivity contribution >= 4 is 37.5 Å². The second kappa shape index (κ2) is 8.01. The SMILES string of the molecule is Cc1ccc(S(=O)(=O)Nc2ccccc2C(=O)NCC(C)C)c(Br)c1. The van der Waals surface area contributed by atoms with Crippen molar-refractivity contribution in [2.75, 3.05) is 11.3 Å². The Bertz CT molecular complexity index is 880. The van der Waals surface area contributed by atoms with E-state index in [9.17, 15) is 13.2 Å². The summed E-state index contributed by atoms with van der Waals surface area (Å²) in [6.45, 7) is 6.38. The van der Waals surface area contributed by atoms with Gasteiger partial charge in [0, 0.05) is 11.0 Å². The monoisotopic (exact) mass is 424 g/mol. The van der Waals surface area contributed by atoms with Gasteiger partial charge in [0.2, 0.25) is 0 Å². The molecule has 0 saturated heterocycles. The zero-order chi connectivity index (χ0) is 18.6. The van der Waals surface area contributed by atoms with Crippen LogP contribution in [0.25, 0.3) is 0 Å². The molecule has 0 spiro atoms. The molecular formula is C18H21BrN2O3S. The van der Waals surface area contributed by atoms with Gasteiger partial charge in [-0.1, -0.05) is 32.0 Å². The highest BCUT2D eigenvalue weighted by atomic mass is 79.9. The van der Waals surface area contributed by atoms with E-state index in [1.54, 1.807) is 36.4 Å². The van der Waals surface area contributed by atoms with Crippen molar-refractivity contribution in [3.8, 4) is 0 Å². The molecule has 2 rings (SSSR count). The van der Waals surface area contributed by atoms with Gasteiger partial charge in [0.15, 0.2) is 0 Å². The average Bonchev–Trinajstić information content (AvgIpc) is 2.52. The first-order valence-corrected chi connectivity index (χ1v) is 10.1. The van der Waals surface area contributed by atoms with Gasteiger partial charge in [0.25, 0.3) is 15.9 Å². The van der Waals surface area contributed by atoms with Gasteiger partial charge in [0.05, 0.1) is 11.3 Å². The highest BCUT2D eigenvalue weighted by Gasteiger charge is 2.20. The van der Waals surface area contributed by atoms with Crippen molar-refractivity contribution in [1.82, 2.24) is 5.32 Å². The van der Waals surface area contributed by atoms with E-state index in [2.05, 4.69) is 26.0 Å². The Morgan fingerprint density at radius 2 is 1.84 bits per heavy atom. The summed E-state index contributed by atoms with van der Waals surface area (Å²) >= 11 is 3.29. The number of hydrogen-bond donors (Lipinski definition) is 2. The molecule has 134 valence electrons. The number of halogens is 1. The normalized spacial score (nSPS) is 11.4. The topological polar surface area (TPSA) is 75.3 Å². The lowest BCUT2D eigenvalue weighted by Crippen LogP contribution is -2.28. The fourth-order valence-electron chi connectivity index (χ4n) is 2.19. The maximum absolute atomic E-state index is 12.7. The van der Waals surface area contributed by atoms with Crippen LogP contribution in [0.15, 0.2) is 51.8 Å². The largest absolute Gasteiger partial charge is 0.352 e. The summed E-state index contributed by atoms with van der Waals surface area (Å²) in [5, 5.41) is 2.80. The zero-order valence-corrected chi connectivity index (χ0v) is 16.7. The van der Waals surface area contributed by atoms with E-state index in [1.165, 1.54) is 6.07 Å². The lowest BCUT2D eigenvalue weighted by atomic mass is 10.1. The molecule has 0 fully saturated rings. The lowest BCUT2D eigenvalue weighted by molar-refractivity contribution is 0.0950. The van der Waals surface area contributed by atoms with Gasteiger partial charge in [-0.25, -0.2) is 8.42 Å². The van der Waals surface area contributed by atoms with Crippen LogP contribution in [0.3, 0.4) is 0 Å². The number of rotatable bonds is 6. The summed E-state index contributed by atoms with van der Waals surface area (Å²) in [6, 6.07) is 11.5. The number of nitrogens with one attached hydrogen (secondary N) is 2. The summed E-state index contributed by atoms with van der Waals surface area (Å²) in [5.41, 5.74) is 1.48. The maximum Gasteiger partial charge on any atom is 0.263 e. The van der Waals surface area contributed by atoms with E-state index < -0.39 is 10.0 Å². The molecule has 0 aliphatic carbocycles. The molecule has 0 atom stereocenters. The molecule has 2 aromatic carbocycles. The molecule has 0 unspecified atom stereocenters. The van der Waals surface area contributed by atoms with Crippen molar-refractivity contribution in [2.45, 2.75) is 25.7 Å². The first kappa shape index (κ1) is 19.5. The molecule has 7 heteroatoms. The van der Waals surface area contributed by atoms with Crippen LogP contribution in [0.4, 0.5) is 5.69 Å². The quantitative estimate of drug-likeness (QED) is 0.736. The number of carbonyl (C=O) groups excluding carboxylic acids is 1. The molecular weight excluding hydrogens is 404 g/mol. The highest BCUT2D eigenvalue weighted by molar-refractivity contribution is 9.10. The third kappa shape index (κ3) is 5.06. The molecule has 25 heavy (non-hydrogen) atoms. The van der Waals surface area contributed by atoms with Gasteiger partial charge in [-0.3, -0.25) is 9.52 Å². The van der Waals surface area contributed by atoms with Crippen molar-refractivity contribution in [1.29, 1.82) is 0 Å². The minimum Gasteiger partial charge on any atom is -0.352 e. The summed E-state index contributed by atoms with van der Waals surface area (Å²) < 4.78 is 28.4. The van der Waals surface area contributed by atoms with E-state index in [-0.39, 0.29) is 22.1 Å². The van der Waals surface area contributed by atoms with Crippen LogP contribution in [0, 0.1) is 12.8 Å². The Kier molecular flexibility index (Phi) is 6.24. The van der Waals surface area contributed by atoms with Crippen LogP contribution >= 0.6 is 15.9 Å². The summed E-state index contributed by atoms with van der Waals surface area (Å²) in [7, 11) is -3.82. The average molecular weight is 425 g/mol. The van der Waals surface area contributed by atoms with E-state index >= 15 is 0 Å². The predicted octanol–water partition coefficient (Wildman–Crippen LogP) is 3.94. The van der Waals surface area contributed by atoms with Gasteiger partial charge in [-0.05, 0) is 58.6 Å². The standard InChI is InChI=1S/C18H21BrN2O3S/c1-12(2)11-20-18(22)14-6-4-5-7-16(14)21-25(23,24)17-9-8-13(3)10-15(17)19/h4-10,12,21H,11H2,1-3H3,(H,20,22). The van der Waals surface area contributed by atoms with Crippen LogP contribution in [-0.4, -0.2) is 20.9 Å². The lowest BCUT2D eigenvalue weighted by Gasteiger charge is -2.14. The minimum atomic E-state index is -3.82. The Balaban J connectivity index is 2.32. The molecule has 0 aliphatic heterocycles. The number of aryl methyl sites for hydroxylation is 1. The third-order valence-electron chi connectivity index (χ3n) is 3.46. The fourth-order valence-corrected chi connectivity index (χ4v) is 4.46. The third-order valence-corrected chi connectivity index (χ3v) is 5.81. The molecule has 1 amide bonds. The number of para-hydroxylation sites is 1. The van der Waals surface area contributed by atoms with Crippen LogP contribution in [0.1, 0.15) is 29.8 Å². The van der Waals surface area contributed by atoms with Gasteiger partial charge in [-0.2, -0.15) is 0 Å². The van der Waals surface area contributed by atoms with E-state index in [0.29, 0.717) is 16.9 Å². The Morgan fingerprint density at radius 1 is 1.16 bits per heavy atom. The number of hydrogen-bond acceptors (Lipinski definition) is 3. The van der Waals surface area contributed by atoms with Crippen molar-refractivity contribution in [3.63, 3.8) is 0 Å². The maximum atomic E-state index is 12.7. The number of benzene rings is 2. The number of sulfonamides is 1. The zero-order valence-electron chi connectivity index (χ0n) is 14.3. The second-order valence-corrected chi connectivity index (χ2v) is 8.69.